The van der Waals surface area contributed by atoms with E-state index in [0.717, 1.165) is 0 Å². The van der Waals surface area contributed by atoms with E-state index in [-0.39, 0.29) is 22.4 Å². The van der Waals surface area contributed by atoms with E-state index in [2.05, 4.69) is 0 Å². The summed E-state index contributed by atoms with van der Waals surface area (Å²) < 4.78 is 1.30. The highest BCUT2D eigenvalue weighted by atomic mass is 16.6. The van der Waals surface area contributed by atoms with Crippen molar-refractivity contribution >= 4 is 28.4 Å². The van der Waals surface area contributed by atoms with Gasteiger partial charge in [0.05, 0.1) is 21.6 Å². The first-order valence-corrected chi connectivity index (χ1v) is 7.35. The number of hydrogen-bond acceptors (Lipinski definition) is 5. The van der Waals surface area contributed by atoms with E-state index in [1.165, 1.54) is 35.9 Å². The van der Waals surface area contributed by atoms with Gasteiger partial charge in [-0.2, -0.15) is 0 Å². The summed E-state index contributed by atoms with van der Waals surface area (Å²) in [7, 11) is 0. The number of hydrogen-bond donors (Lipinski definition) is 2. The van der Waals surface area contributed by atoms with Gasteiger partial charge in [-0.15, -0.1) is 0 Å². The molecule has 3 aromatic rings. The number of para-hydroxylation sites is 1. The third-order valence-corrected chi connectivity index (χ3v) is 4.04. The van der Waals surface area contributed by atoms with E-state index in [1.54, 1.807) is 24.3 Å². The summed E-state index contributed by atoms with van der Waals surface area (Å²) in [6.07, 6.45) is 1.38. The van der Waals surface area contributed by atoms with Crippen LogP contribution >= 0.6 is 0 Å². The maximum atomic E-state index is 13.0. The quantitative estimate of drug-likeness (QED) is 0.328. The molecule has 1 aromatic heterocycles. The molecular formula is C17H14N4O4. The Labute approximate surface area is 142 Å². The Morgan fingerprint density at radius 2 is 1.84 bits per heavy atom. The Kier molecular flexibility index (Phi) is 4.04. The molecule has 2 aromatic carbocycles. The van der Waals surface area contributed by atoms with Crippen LogP contribution in [0, 0.1) is 17.0 Å². The maximum absolute atomic E-state index is 13.0. The van der Waals surface area contributed by atoms with Crippen molar-refractivity contribution in [2.45, 2.75) is 6.92 Å². The van der Waals surface area contributed by atoms with Crippen LogP contribution in [0.5, 0.6) is 0 Å². The number of fused-ring (bicyclic) bond motifs is 1. The topological polar surface area (TPSA) is 120 Å². The fourth-order valence-electron chi connectivity index (χ4n) is 2.79. The first kappa shape index (κ1) is 16.3. The average molecular weight is 338 g/mol. The number of nitrogens with one attached hydrogen (secondary N) is 1. The van der Waals surface area contributed by atoms with E-state index < -0.39 is 16.7 Å². The Bertz CT molecular complexity index is 1020. The minimum Gasteiger partial charge on any atom is -0.290 e. The number of nitrogens with zero attached hydrogens (tertiary/aromatic N) is 2. The first-order valence-electron chi connectivity index (χ1n) is 7.35. The third kappa shape index (κ3) is 2.64. The minimum atomic E-state index is -0.535. The molecule has 0 unspecified atom stereocenters. The zero-order chi connectivity index (χ0) is 18.1. The number of nitrogens with two attached hydrogens (primary N) is 1. The largest absolute Gasteiger partial charge is 0.290 e. The molecule has 25 heavy (non-hydrogen) atoms. The van der Waals surface area contributed by atoms with Gasteiger partial charge in [0.15, 0.2) is 0 Å². The lowest BCUT2D eigenvalue weighted by molar-refractivity contribution is -0.385. The van der Waals surface area contributed by atoms with Crippen molar-refractivity contribution in [3.8, 4) is 0 Å². The predicted molar refractivity (Wildman–Crippen MR) is 91.2 cm³/mol. The fraction of sp³-hybridized carbons (Fsp3) is 0.0588. The van der Waals surface area contributed by atoms with Gasteiger partial charge in [0.1, 0.15) is 0 Å². The number of nitro groups is 1. The number of carbonyl (C=O) groups excluding carboxylic acids is 2. The fourth-order valence-corrected chi connectivity index (χ4v) is 2.79. The minimum absolute atomic E-state index is 0.137. The number of benzene rings is 2. The molecule has 0 bridgehead atoms. The molecule has 0 aliphatic carbocycles. The van der Waals surface area contributed by atoms with Gasteiger partial charge in [-0.3, -0.25) is 29.7 Å². The molecule has 3 N–H and O–H groups in total. The van der Waals surface area contributed by atoms with Crippen molar-refractivity contribution in [1.82, 2.24) is 9.99 Å². The second kappa shape index (κ2) is 6.17. The van der Waals surface area contributed by atoms with Crippen molar-refractivity contribution in [2.75, 3.05) is 0 Å². The second-order valence-electron chi connectivity index (χ2n) is 5.42. The Hall–Kier alpha value is -3.52. The van der Waals surface area contributed by atoms with Crippen LogP contribution in [-0.2, 0) is 0 Å². The van der Waals surface area contributed by atoms with Gasteiger partial charge in [-0.05, 0) is 19.1 Å². The SMILES string of the molecule is Cc1c(C(=O)n2cc(C(=O)NN)c3ccccc32)cccc1[N+](=O)[O-]. The van der Waals surface area contributed by atoms with Gasteiger partial charge >= 0.3 is 0 Å². The lowest BCUT2D eigenvalue weighted by Crippen LogP contribution is -2.29. The molecule has 1 amide bonds. The number of amides is 1. The van der Waals surface area contributed by atoms with Crippen LogP contribution in [0.2, 0.25) is 0 Å². The van der Waals surface area contributed by atoms with Gasteiger partial charge in [-0.25, -0.2) is 5.84 Å². The van der Waals surface area contributed by atoms with Crippen LogP contribution in [0.15, 0.2) is 48.7 Å². The van der Waals surface area contributed by atoms with Crippen LogP contribution in [0.4, 0.5) is 5.69 Å². The molecule has 8 nitrogen and oxygen atoms in total. The van der Waals surface area contributed by atoms with Crippen molar-refractivity contribution in [1.29, 1.82) is 0 Å². The first-order chi connectivity index (χ1) is 12.0. The van der Waals surface area contributed by atoms with E-state index in [9.17, 15) is 19.7 Å². The van der Waals surface area contributed by atoms with Crippen molar-refractivity contribution in [2.24, 2.45) is 5.84 Å². The van der Waals surface area contributed by atoms with E-state index in [1.807, 2.05) is 5.43 Å². The summed E-state index contributed by atoms with van der Waals surface area (Å²) >= 11 is 0. The van der Waals surface area contributed by atoms with Gasteiger partial charge in [0, 0.05) is 23.2 Å². The predicted octanol–water partition coefficient (Wildman–Crippen LogP) is 2.15. The van der Waals surface area contributed by atoms with Gasteiger partial charge in [-0.1, -0.05) is 24.3 Å². The van der Waals surface area contributed by atoms with E-state index in [4.69, 9.17) is 5.84 Å². The van der Waals surface area contributed by atoms with Crippen LogP contribution in [0.3, 0.4) is 0 Å². The van der Waals surface area contributed by atoms with E-state index in [0.29, 0.717) is 10.9 Å². The molecule has 0 radical (unpaired) electrons. The summed E-state index contributed by atoms with van der Waals surface area (Å²) in [6, 6.07) is 11.2. The molecule has 0 saturated heterocycles. The summed E-state index contributed by atoms with van der Waals surface area (Å²) in [5.41, 5.74) is 3.12. The molecule has 0 aliphatic heterocycles. The highest BCUT2D eigenvalue weighted by molar-refractivity contribution is 6.11. The molecule has 0 aliphatic rings. The monoisotopic (exact) mass is 338 g/mol. The number of rotatable bonds is 3. The van der Waals surface area contributed by atoms with Crippen LogP contribution in [-0.4, -0.2) is 21.3 Å². The second-order valence-corrected chi connectivity index (χ2v) is 5.42. The highest BCUT2D eigenvalue weighted by Gasteiger charge is 2.22. The van der Waals surface area contributed by atoms with Crippen LogP contribution < -0.4 is 11.3 Å². The zero-order valence-corrected chi connectivity index (χ0v) is 13.2. The summed E-state index contributed by atoms with van der Waals surface area (Å²) in [4.78, 5) is 35.5. The number of hydrazine groups is 1. The van der Waals surface area contributed by atoms with Crippen molar-refractivity contribution in [3.05, 3.63) is 75.5 Å². The smallest absolute Gasteiger partial charge is 0.273 e. The van der Waals surface area contributed by atoms with Crippen molar-refractivity contribution in [3.63, 3.8) is 0 Å². The molecule has 126 valence electrons. The standard InChI is InChI=1S/C17H14N4O4/c1-10-11(6-4-8-14(10)21(24)25)17(23)20-9-13(16(22)19-18)12-5-2-3-7-15(12)20/h2-9H,18H2,1H3,(H,19,22). The molecule has 8 heteroatoms. The molecule has 1 heterocycles. The third-order valence-electron chi connectivity index (χ3n) is 4.04. The summed E-state index contributed by atoms with van der Waals surface area (Å²) in [6.45, 7) is 1.52. The van der Waals surface area contributed by atoms with Gasteiger partial charge in [0.2, 0.25) is 0 Å². The highest BCUT2D eigenvalue weighted by Crippen LogP contribution is 2.26. The Morgan fingerprint density at radius 3 is 2.52 bits per heavy atom. The number of nitrogen functional groups attached to an aromatic ring is 1. The maximum Gasteiger partial charge on any atom is 0.273 e. The zero-order valence-electron chi connectivity index (χ0n) is 13.2. The number of aromatic nitrogens is 1. The molecule has 0 fully saturated rings. The summed E-state index contributed by atoms with van der Waals surface area (Å²) in [5, 5.41) is 11.7. The molecule has 3 rings (SSSR count). The Morgan fingerprint density at radius 1 is 1.12 bits per heavy atom. The molecule has 0 spiro atoms. The van der Waals surface area contributed by atoms with Gasteiger partial charge in [0.25, 0.3) is 17.5 Å². The van der Waals surface area contributed by atoms with Crippen molar-refractivity contribution < 1.29 is 14.5 Å². The average Bonchev–Trinajstić information content (AvgIpc) is 3.00. The molecular weight excluding hydrogens is 324 g/mol. The van der Waals surface area contributed by atoms with Crippen LogP contribution in [0.25, 0.3) is 10.9 Å². The number of nitro benzene ring substituents is 1. The van der Waals surface area contributed by atoms with Gasteiger partial charge < -0.3 is 0 Å². The van der Waals surface area contributed by atoms with E-state index >= 15 is 0 Å². The lowest BCUT2D eigenvalue weighted by Gasteiger charge is -2.07. The lowest BCUT2D eigenvalue weighted by atomic mass is 10.1. The van der Waals surface area contributed by atoms with Crippen LogP contribution in [0.1, 0.15) is 26.3 Å². The molecule has 0 atom stereocenters. The Balaban J connectivity index is 2.21. The normalized spacial score (nSPS) is 10.6. The molecule has 0 saturated carbocycles. The summed E-state index contributed by atoms with van der Waals surface area (Å²) in [5.74, 6) is 4.21. The number of carbonyl (C=O) groups is 2.